The largest absolute Gasteiger partial charge is 0.486 e. The number of aliphatic carboxylic acids is 1. The van der Waals surface area contributed by atoms with E-state index in [9.17, 15) is 14.7 Å². The third kappa shape index (κ3) is 3.63. The Bertz CT molecular complexity index is 642. The number of hydrogen-bond acceptors (Lipinski definition) is 4. The summed E-state index contributed by atoms with van der Waals surface area (Å²) in [7, 11) is 0. The number of nitrogens with one attached hydrogen (secondary N) is 1. The molecule has 2 aliphatic rings. The van der Waals surface area contributed by atoms with E-state index in [0.717, 1.165) is 17.7 Å². The van der Waals surface area contributed by atoms with Crippen LogP contribution in [0.3, 0.4) is 0 Å². The first-order valence-corrected chi connectivity index (χ1v) is 8.38. The third-order valence-corrected chi connectivity index (χ3v) is 4.44. The topological polar surface area (TPSA) is 84.9 Å². The van der Waals surface area contributed by atoms with Crippen LogP contribution in [0, 0.1) is 11.8 Å². The Morgan fingerprint density at radius 1 is 1.25 bits per heavy atom. The van der Waals surface area contributed by atoms with E-state index in [1.165, 1.54) is 0 Å². The predicted molar refractivity (Wildman–Crippen MR) is 87.3 cm³/mol. The first-order valence-electron chi connectivity index (χ1n) is 8.38. The standard InChI is InChI=1S/C18H23NO5/c1-10(2)7-14(18(21)22)19-17(20)13-9-12(13)11-3-4-15-16(8-11)24-6-5-23-15/h3-4,8,10,12-14H,5-7,9H2,1-2H3,(H,19,20)(H,21,22)/t12?,13?,14-/m0/s1. The summed E-state index contributed by atoms with van der Waals surface area (Å²) >= 11 is 0. The van der Waals surface area contributed by atoms with Crippen molar-refractivity contribution in [2.24, 2.45) is 11.8 Å². The fraction of sp³-hybridized carbons (Fsp3) is 0.556. The summed E-state index contributed by atoms with van der Waals surface area (Å²) in [5.74, 6) is 0.453. The molecular formula is C18H23NO5. The van der Waals surface area contributed by atoms with E-state index in [1.807, 2.05) is 32.0 Å². The molecule has 24 heavy (non-hydrogen) atoms. The van der Waals surface area contributed by atoms with Gasteiger partial charge in [-0.15, -0.1) is 0 Å². The monoisotopic (exact) mass is 333 g/mol. The van der Waals surface area contributed by atoms with E-state index in [2.05, 4.69) is 5.32 Å². The van der Waals surface area contributed by atoms with Crippen LogP contribution in [0.4, 0.5) is 0 Å². The minimum Gasteiger partial charge on any atom is -0.486 e. The van der Waals surface area contributed by atoms with Gasteiger partial charge in [0.05, 0.1) is 0 Å². The van der Waals surface area contributed by atoms with Crippen molar-refractivity contribution < 1.29 is 24.2 Å². The van der Waals surface area contributed by atoms with E-state index < -0.39 is 12.0 Å². The fourth-order valence-corrected chi connectivity index (χ4v) is 3.12. The van der Waals surface area contributed by atoms with Gasteiger partial charge in [-0.2, -0.15) is 0 Å². The van der Waals surface area contributed by atoms with E-state index in [0.29, 0.717) is 25.4 Å². The molecule has 0 bridgehead atoms. The van der Waals surface area contributed by atoms with Crippen molar-refractivity contribution in [3.05, 3.63) is 23.8 Å². The Morgan fingerprint density at radius 3 is 2.62 bits per heavy atom. The number of fused-ring (bicyclic) bond motifs is 1. The first kappa shape index (κ1) is 16.6. The zero-order valence-electron chi connectivity index (χ0n) is 14.0. The number of hydrogen-bond donors (Lipinski definition) is 2. The summed E-state index contributed by atoms with van der Waals surface area (Å²) in [5.41, 5.74) is 1.04. The molecule has 3 rings (SSSR count). The molecule has 0 saturated heterocycles. The summed E-state index contributed by atoms with van der Waals surface area (Å²) < 4.78 is 11.1. The summed E-state index contributed by atoms with van der Waals surface area (Å²) in [5, 5.41) is 11.9. The molecule has 3 atom stereocenters. The molecular weight excluding hydrogens is 310 g/mol. The smallest absolute Gasteiger partial charge is 0.326 e. The Balaban J connectivity index is 1.62. The molecule has 130 valence electrons. The normalized spacial score (nSPS) is 22.8. The predicted octanol–water partition coefficient (Wildman–Crippen LogP) is 2.18. The van der Waals surface area contributed by atoms with Crippen LogP contribution >= 0.6 is 0 Å². The van der Waals surface area contributed by atoms with Crippen molar-refractivity contribution in [2.75, 3.05) is 13.2 Å². The van der Waals surface area contributed by atoms with Crippen LogP contribution in [0.15, 0.2) is 18.2 Å². The van der Waals surface area contributed by atoms with Gasteiger partial charge in [0.2, 0.25) is 5.91 Å². The van der Waals surface area contributed by atoms with Crippen LogP contribution in [-0.2, 0) is 9.59 Å². The van der Waals surface area contributed by atoms with E-state index >= 15 is 0 Å². The minimum absolute atomic E-state index is 0.120. The molecule has 0 radical (unpaired) electrons. The van der Waals surface area contributed by atoms with E-state index in [1.54, 1.807) is 0 Å². The Labute approximate surface area is 141 Å². The molecule has 0 spiro atoms. The fourth-order valence-electron chi connectivity index (χ4n) is 3.12. The van der Waals surface area contributed by atoms with Gasteiger partial charge in [0.1, 0.15) is 19.3 Å². The van der Waals surface area contributed by atoms with Crippen LogP contribution in [-0.4, -0.2) is 36.2 Å². The van der Waals surface area contributed by atoms with E-state index in [4.69, 9.17) is 9.47 Å². The Kier molecular flexibility index (Phi) is 4.64. The van der Waals surface area contributed by atoms with Crippen LogP contribution < -0.4 is 14.8 Å². The number of carboxylic acids is 1. The van der Waals surface area contributed by atoms with Crippen molar-refractivity contribution in [3.63, 3.8) is 0 Å². The van der Waals surface area contributed by atoms with Crippen LogP contribution in [0.5, 0.6) is 11.5 Å². The molecule has 2 N–H and O–H groups in total. The Hall–Kier alpha value is -2.24. The number of carbonyl (C=O) groups excluding carboxylic acids is 1. The summed E-state index contributed by atoms with van der Waals surface area (Å²) in [6, 6.07) is 4.93. The molecule has 1 aromatic carbocycles. The van der Waals surface area contributed by atoms with Crippen molar-refractivity contribution in [3.8, 4) is 11.5 Å². The van der Waals surface area contributed by atoms with Crippen molar-refractivity contribution in [2.45, 2.75) is 38.6 Å². The molecule has 1 aliphatic heterocycles. The highest BCUT2D eigenvalue weighted by Gasteiger charge is 2.45. The lowest BCUT2D eigenvalue weighted by Crippen LogP contribution is -2.42. The average Bonchev–Trinajstić information content (AvgIpc) is 3.34. The highest BCUT2D eigenvalue weighted by molar-refractivity contribution is 5.87. The molecule has 6 heteroatoms. The number of amides is 1. The van der Waals surface area contributed by atoms with Crippen molar-refractivity contribution in [1.29, 1.82) is 0 Å². The molecule has 1 aromatic rings. The summed E-state index contributed by atoms with van der Waals surface area (Å²) in [6.45, 7) is 4.96. The zero-order chi connectivity index (χ0) is 17.3. The number of carboxylic acid groups (broad SMARTS) is 1. The van der Waals surface area contributed by atoms with Gasteiger partial charge in [-0.1, -0.05) is 19.9 Å². The zero-order valence-corrected chi connectivity index (χ0v) is 14.0. The lowest BCUT2D eigenvalue weighted by atomic mass is 10.0. The Morgan fingerprint density at radius 2 is 1.96 bits per heavy atom. The van der Waals surface area contributed by atoms with Crippen LogP contribution in [0.1, 0.15) is 38.2 Å². The van der Waals surface area contributed by atoms with Crippen molar-refractivity contribution >= 4 is 11.9 Å². The van der Waals surface area contributed by atoms with Gasteiger partial charge in [0.25, 0.3) is 0 Å². The molecule has 1 amide bonds. The minimum atomic E-state index is -0.978. The van der Waals surface area contributed by atoms with Gasteiger partial charge in [0.15, 0.2) is 11.5 Å². The van der Waals surface area contributed by atoms with Gasteiger partial charge in [0, 0.05) is 5.92 Å². The summed E-state index contributed by atoms with van der Waals surface area (Å²) in [6.07, 6.45) is 1.17. The lowest BCUT2D eigenvalue weighted by molar-refractivity contribution is -0.142. The quantitative estimate of drug-likeness (QED) is 0.833. The van der Waals surface area contributed by atoms with E-state index in [-0.39, 0.29) is 23.7 Å². The lowest BCUT2D eigenvalue weighted by Gasteiger charge is -2.19. The average molecular weight is 333 g/mol. The van der Waals surface area contributed by atoms with Gasteiger partial charge >= 0.3 is 5.97 Å². The summed E-state index contributed by atoms with van der Waals surface area (Å²) in [4.78, 5) is 23.6. The highest BCUT2D eigenvalue weighted by atomic mass is 16.6. The van der Waals surface area contributed by atoms with Gasteiger partial charge in [-0.05, 0) is 42.4 Å². The molecule has 1 heterocycles. The van der Waals surface area contributed by atoms with Crippen LogP contribution in [0.25, 0.3) is 0 Å². The maximum Gasteiger partial charge on any atom is 0.326 e. The van der Waals surface area contributed by atoms with Crippen LogP contribution in [0.2, 0.25) is 0 Å². The molecule has 1 saturated carbocycles. The molecule has 2 unspecified atom stereocenters. The van der Waals surface area contributed by atoms with Gasteiger partial charge < -0.3 is 19.9 Å². The first-order chi connectivity index (χ1) is 11.5. The molecule has 1 aliphatic carbocycles. The second-order valence-electron chi connectivity index (χ2n) is 6.88. The van der Waals surface area contributed by atoms with Crippen molar-refractivity contribution in [1.82, 2.24) is 5.32 Å². The maximum atomic E-state index is 12.3. The number of ether oxygens (including phenoxy) is 2. The van der Waals surface area contributed by atoms with Gasteiger partial charge in [-0.3, -0.25) is 4.79 Å². The molecule has 1 fully saturated rings. The number of carbonyl (C=O) groups is 2. The second kappa shape index (κ2) is 6.71. The number of rotatable bonds is 6. The highest BCUT2D eigenvalue weighted by Crippen LogP contribution is 2.49. The number of benzene rings is 1. The maximum absolute atomic E-state index is 12.3. The second-order valence-corrected chi connectivity index (χ2v) is 6.88. The molecule has 6 nitrogen and oxygen atoms in total. The van der Waals surface area contributed by atoms with Gasteiger partial charge in [-0.25, -0.2) is 4.79 Å². The molecule has 0 aromatic heterocycles. The third-order valence-electron chi connectivity index (χ3n) is 4.44. The SMILES string of the molecule is CC(C)C[C@H](NC(=O)C1CC1c1ccc2c(c1)OCCO2)C(=O)O.